The zero-order valence-corrected chi connectivity index (χ0v) is 18.0. The first kappa shape index (κ1) is 19.9. The van der Waals surface area contributed by atoms with Crippen LogP contribution in [0.15, 0.2) is 55.0 Å². The van der Waals surface area contributed by atoms with Crippen LogP contribution in [-0.4, -0.2) is 40.5 Å². The number of methoxy groups -OCH3 is 2. The second-order valence-electron chi connectivity index (χ2n) is 7.55. The van der Waals surface area contributed by atoms with Crippen LogP contribution < -0.4 is 19.5 Å². The summed E-state index contributed by atoms with van der Waals surface area (Å²) in [7, 11) is 3.19. The second-order valence-corrected chi connectivity index (χ2v) is 7.55. The number of hydrogen-bond acceptors (Lipinski definition) is 7. The van der Waals surface area contributed by atoms with Crippen LogP contribution in [0, 0.1) is 0 Å². The van der Waals surface area contributed by atoms with E-state index in [2.05, 4.69) is 10.3 Å². The summed E-state index contributed by atoms with van der Waals surface area (Å²) in [6, 6.07) is 11.4. The van der Waals surface area contributed by atoms with E-state index in [1.54, 1.807) is 27.3 Å². The summed E-state index contributed by atoms with van der Waals surface area (Å²) in [4.78, 5) is 21.4. The predicted octanol–water partition coefficient (Wildman–Crippen LogP) is 4.05. The first-order chi connectivity index (χ1) is 15.6. The zero-order chi connectivity index (χ0) is 22.2. The van der Waals surface area contributed by atoms with Crippen molar-refractivity contribution in [2.45, 2.75) is 19.4 Å². The Kier molecular flexibility index (Phi) is 4.89. The summed E-state index contributed by atoms with van der Waals surface area (Å²) in [5, 5.41) is 3.34. The highest BCUT2D eigenvalue weighted by Gasteiger charge is 2.24. The molecule has 8 heteroatoms. The number of nitrogens with one attached hydrogen (secondary N) is 1. The number of imidazole rings is 1. The van der Waals surface area contributed by atoms with Crippen molar-refractivity contribution < 1.29 is 19.0 Å². The van der Waals surface area contributed by atoms with Crippen LogP contribution in [0.2, 0.25) is 0 Å². The lowest BCUT2D eigenvalue weighted by molar-refractivity contribution is -0.125. The van der Waals surface area contributed by atoms with Gasteiger partial charge in [0.25, 0.3) is 0 Å². The molecule has 1 atom stereocenters. The molecule has 4 aromatic rings. The number of ether oxygens (including phenoxy) is 3. The Balaban J connectivity index is 1.54. The minimum absolute atomic E-state index is 0.0727. The number of ketones is 1. The van der Waals surface area contributed by atoms with Crippen molar-refractivity contribution in [2.24, 2.45) is 0 Å². The molecule has 1 N–H and O–H groups in total. The molecule has 0 saturated carbocycles. The van der Waals surface area contributed by atoms with Gasteiger partial charge in [-0.3, -0.25) is 4.79 Å². The van der Waals surface area contributed by atoms with Crippen molar-refractivity contribution in [3.63, 3.8) is 0 Å². The van der Waals surface area contributed by atoms with Gasteiger partial charge in [0.15, 0.2) is 34.9 Å². The van der Waals surface area contributed by atoms with Crippen LogP contribution >= 0.6 is 0 Å². The molecule has 1 aliphatic rings. The molecular formula is C24H22N4O4. The molecule has 0 spiro atoms. The molecule has 0 fully saturated rings. The predicted molar refractivity (Wildman–Crippen MR) is 120 cm³/mol. The number of fused-ring (bicyclic) bond motifs is 2. The van der Waals surface area contributed by atoms with Crippen molar-refractivity contribution in [2.75, 3.05) is 19.5 Å². The van der Waals surface area contributed by atoms with Crippen LogP contribution in [0.25, 0.3) is 16.9 Å². The standard InChI is InChI=1S/C24H22N4O4/c1-14-19(29)11-16-10-15(4-6-20(16)32-14)18-13-28-9-8-25-24(28)23(27-18)26-17-5-7-21(30-2)22(12-17)31-3/h4-10,12-14H,11H2,1-3H3,(H,26,27). The normalized spacial score (nSPS) is 15.2. The number of Topliss-reactive ketones (excluding diaryl/α,β-unsaturated/α-hetero) is 1. The van der Waals surface area contributed by atoms with E-state index in [9.17, 15) is 4.79 Å². The maximum absolute atomic E-state index is 12.1. The van der Waals surface area contributed by atoms with E-state index < -0.39 is 6.10 Å². The minimum Gasteiger partial charge on any atom is -0.493 e. The maximum atomic E-state index is 12.1. The fourth-order valence-electron chi connectivity index (χ4n) is 3.78. The first-order valence-corrected chi connectivity index (χ1v) is 10.2. The molecule has 0 amide bonds. The summed E-state index contributed by atoms with van der Waals surface area (Å²) in [6.45, 7) is 1.78. The maximum Gasteiger partial charge on any atom is 0.180 e. The topological polar surface area (TPSA) is 87.0 Å². The number of hydrogen-bond donors (Lipinski definition) is 1. The molecule has 32 heavy (non-hydrogen) atoms. The molecule has 5 rings (SSSR count). The summed E-state index contributed by atoms with van der Waals surface area (Å²) in [6.07, 6.45) is 5.45. The lowest BCUT2D eigenvalue weighted by Gasteiger charge is -2.22. The molecule has 162 valence electrons. The van der Waals surface area contributed by atoms with Gasteiger partial charge in [-0.1, -0.05) is 0 Å². The first-order valence-electron chi connectivity index (χ1n) is 10.2. The molecule has 0 bridgehead atoms. The molecule has 2 aromatic carbocycles. The largest absolute Gasteiger partial charge is 0.493 e. The molecule has 1 aliphatic heterocycles. The third-order valence-corrected chi connectivity index (χ3v) is 5.50. The van der Waals surface area contributed by atoms with Gasteiger partial charge in [-0.15, -0.1) is 0 Å². The molecule has 8 nitrogen and oxygen atoms in total. The summed E-state index contributed by atoms with van der Waals surface area (Å²) < 4.78 is 18.3. The SMILES string of the molecule is COc1ccc(Nc2nc(-c3ccc4c(c3)CC(=O)C(C)O4)cn3ccnc23)cc1OC. The summed E-state index contributed by atoms with van der Waals surface area (Å²) >= 11 is 0. The molecular weight excluding hydrogens is 408 g/mol. The molecule has 1 unspecified atom stereocenters. The number of benzene rings is 2. The van der Waals surface area contributed by atoms with Crippen LogP contribution in [-0.2, 0) is 11.2 Å². The lowest BCUT2D eigenvalue weighted by Crippen LogP contribution is -2.30. The Hall–Kier alpha value is -4.07. The van der Waals surface area contributed by atoms with E-state index >= 15 is 0 Å². The number of carbonyl (C=O) groups excluding carboxylic acids is 1. The van der Waals surface area contributed by atoms with Crippen molar-refractivity contribution in [3.05, 3.63) is 60.6 Å². The summed E-state index contributed by atoms with van der Waals surface area (Å²) in [5.74, 6) is 2.67. The van der Waals surface area contributed by atoms with Gasteiger partial charge in [0.2, 0.25) is 0 Å². The van der Waals surface area contributed by atoms with Gasteiger partial charge in [0.1, 0.15) is 5.75 Å². The van der Waals surface area contributed by atoms with E-state index in [0.717, 1.165) is 28.3 Å². The van der Waals surface area contributed by atoms with Gasteiger partial charge in [0, 0.05) is 47.9 Å². The van der Waals surface area contributed by atoms with E-state index in [4.69, 9.17) is 19.2 Å². The van der Waals surface area contributed by atoms with Crippen molar-refractivity contribution in [1.29, 1.82) is 0 Å². The van der Waals surface area contributed by atoms with Gasteiger partial charge >= 0.3 is 0 Å². The average molecular weight is 430 g/mol. The molecule has 3 heterocycles. The van der Waals surface area contributed by atoms with Crippen LogP contribution in [0.1, 0.15) is 12.5 Å². The van der Waals surface area contributed by atoms with E-state index in [1.165, 1.54) is 0 Å². The Morgan fingerprint density at radius 3 is 2.78 bits per heavy atom. The van der Waals surface area contributed by atoms with E-state index in [1.807, 2.05) is 53.2 Å². The number of nitrogens with zero attached hydrogens (tertiary/aromatic N) is 3. The number of anilines is 2. The highest BCUT2D eigenvalue weighted by Crippen LogP contribution is 2.33. The molecule has 0 aliphatic carbocycles. The zero-order valence-electron chi connectivity index (χ0n) is 18.0. The molecule has 2 aromatic heterocycles. The van der Waals surface area contributed by atoms with Gasteiger partial charge in [-0.25, -0.2) is 9.97 Å². The average Bonchev–Trinajstić information content (AvgIpc) is 3.28. The molecule has 0 radical (unpaired) electrons. The monoisotopic (exact) mass is 430 g/mol. The smallest absolute Gasteiger partial charge is 0.180 e. The quantitative estimate of drug-likeness (QED) is 0.511. The fraction of sp³-hybridized carbons (Fsp3) is 0.208. The number of aromatic nitrogens is 3. The number of rotatable bonds is 5. The molecule has 0 saturated heterocycles. The third-order valence-electron chi connectivity index (χ3n) is 5.50. The highest BCUT2D eigenvalue weighted by molar-refractivity contribution is 5.88. The van der Waals surface area contributed by atoms with Crippen molar-refractivity contribution >= 4 is 22.9 Å². The van der Waals surface area contributed by atoms with Crippen LogP contribution in [0.3, 0.4) is 0 Å². The summed E-state index contributed by atoms with van der Waals surface area (Å²) in [5.41, 5.74) is 3.98. The van der Waals surface area contributed by atoms with Crippen LogP contribution in [0.5, 0.6) is 17.2 Å². The Labute approximate surface area is 184 Å². The Morgan fingerprint density at radius 1 is 1.12 bits per heavy atom. The van der Waals surface area contributed by atoms with Crippen molar-refractivity contribution in [3.8, 4) is 28.5 Å². The number of carbonyl (C=O) groups is 1. The van der Waals surface area contributed by atoms with E-state index in [0.29, 0.717) is 29.4 Å². The van der Waals surface area contributed by atoms with Crippen molar-refractivity contribution in [1.82, 2.24) is 14.4 Å². The third kappa shape index (κ3) is 3.49. The fourth-order valence-corrected chi connectivity index (χ4v) is 3.78. The van der Waals surface area contributed by atoms with Crippen LogP contribution in [0.4, 0.5) is 11.5 Å². The van der Waals surface area contributed by atoms with E-state index in [-0.39, 0.29) is 5.78 Å². The second kappa shape index (κ2) is 7.88. The Bertz CT molecular complexity index is 1330. The van der Waals surface area contributed by atoms with Gasteiger partial charge in [-0.05, 0) is 37.3 Å². The van der Waals surface area contributed by atoms with Gasteiger partial charge < -0.3 is 23.9 Å². The Morgan fingerprint density at radius 2 is 1.97 bits per heavy atom. The minimum atomic E-state index is -0.411. The van der Waals surface area contributed by atoms with Gasteiger partial charge in [0.05, 0.1) is 19.9 Å². The highest BCUT2D eigenvalue weighted by atomic mass is 16.5. The van der Waals surface area contributed by atoms with Gasteiger partial charge in [-0.2, -0.15) is 0 Å². The lowest BCUT2D eigenvalue weighted by atomic mass is 9.98.